The molecule has 0 radical (unpaired) electrons. The van der Waals surface area contributed by atoms with Crippen LogP contribution in [-0.4, -0.2) is 29.1 Å². The second kappa shape index (κ2) is 7.36. The first-order valence-corrected chi connectivity index (χ1v) is 8.45. The van der Waals surface area contributed by atoms with Crippen molar-refractivity contribution in [1.29, 1.82) is 0 Å². The van der Waals surface area contributed by atoms with Crippen LogP contribution >= 0.6 is 0 Å². The number of methoxy groups -OCH3 is 1. The molecule has 3 aromatic rings. The lowest BCUT2D eigenvalue weighted by molar-refractivity contribution is 0.174. The van der Waals surface area contributed by atoms with E-state index in [0.717, 1.165) is 34.1 Å². The van der Waals surface area contributed by atoms with E-state index in [0.29, 0.717) is 18.3 Å². The molecule has 0 saturated carbocycles. The van der Waals surface area contributed by atoms with Crippen LogP contribution in [0.25, 0.3) is 0 Å². The molecule has 2 aromatic carbocycles. The maximum Gasteiger partial charge on any atom is 0.244 e. The molecule has 0 aliphatic carbocycles. The SMILES string of the molecule is COc1ccc(C)cc1Nc1cnnc(NCc2ccc3c(c2)OCO3)n1. The van der Waals surface area contributed by atoms with Crippen molar-refractivity contribution in [3.05, 3.63) is 53.7 Å². The van der Waals surface area contributed by atoms with Gasteiger partial charge in [-0.05, 0) is 42.3 Å². The van der Waals surface area contributed by atoms with Gasteiger partial charge in [-0.25, -0.2) is 0 Å². The summed E-state index contributed by atoms with van der Waals surface area (Å²) in [6.45, 7) is 2.81. The average Bonchev–Trinajstić information content (AvgIpc) is 3.15. The summed E-state index contributed by atoms with van der Waals surface area (Å²) in [5.74, 6) is 3.23. The molecule has 1 aliphatic heterocycles. The van der Waals surface area contributed by atoms with E-state index in [9.17, 15) is 0 Å². The van der Waals surface area contributed by atoms with Crippen LogP contribution in [0.2, 0.25) is 0 Å². The molecule has 4 rings (SSSR count). The van der Waals surface area contributed by atoms with Gasteiger partial charge in [-0.2, -0.15) is 10.1 Å². The van der Waals surface area contributed by atoms with Crippen LogP contribution in [0.4, 0.5) is 17.5 Å². The van der Waals surface area contributed by atoms with Gasteiger partial charge in [-0.3, -0.25) is 0 Å². The summed E-state index contributed by atoms with van der Waals surface area (Å²) in [5, 5.41) is 14.4. The van der Waals surface area contributed by atoms with Gasteiger partial charge in [0.05, 0.1) is 19.0 Å². The number of benzene rings is 2. The lowest BCUT2D eigenvalue weighted by Gasteiger charge is -2.12. The van der Waals surface area contributed by atoms with E-state index in [1.807, 2.05) is 43.3 Å². The molecule has 138 valence electrons. The maximum atomic E-state index is 5.39. The lowest BCUT2D eigenvalue weighted by atomic mass is 10.2. The van der Waals surface area contributed by atoms with Crippen LogP contribution in [0.3, 0.4) is 0 Å². The first-order valence-electron chi connectivity index (χ1n) is 8.45. The van der Waals surface area contributed by atoms with Gasteiger partial charge in [0.1, 0.15) is 5.75 Å². The Hall–Kier alpha value is -3.55. The van der Waals surface area contributed by atoms with Crippen LogP contribution in [0.5, 0.6) is 17.2 Å². The molecule has 0 bridgehead atoms. The summed E-state index contributed by atoms with van der Waals surface area (Å²) in [7, 11) is 1.63. The zero-order chi connectivity index (χ0) is 18.6. The molecule has 0 spiro atoms. The molecule has 1 aromatic heterocycles. The predicted molar refractivity (Wildman–Crippen MR) is 101 cm³/mol. The molecule has 0 saturated heterocycles. The van der Waals surface area contributed by atoms with E-state index in [1.165, 1.54) is 0 Å². The van der Waals surface area contributed by atoms with Crippen LogP contribution in [0, 0.1) is 6.92 Å². The molecule has 27 heavy (non-hydrogen) atoms. The molecule has 2 heterocycles. The summed E-state index contributed by atoms with van der Waals surface area (Å²) >= 11 is 0. The van der Waals surface area contributed by atoms with Crippen LogP contribution in [0.15, 0.2) is 42.6 Å². The second-order valence-electron chi connectivity index (χ2n) is 6.04. The van der Waals surface area contributed by atoms with Crippen molar-refractivity contribution in [3.63, 3.8) is 0 Å². The highest BCUT2D eigenvalue weighted by Crippen LogP contribution is 2.32. The smallest absolute Gasteiger partial charge is 0.244 e. The number of aryl methyl sites for hydroxylation is 1. The quantitative estimate of drug-likeness (QED) is 0.688. The van der Waals surface area contributed by atoms with E-state index in [1.54, 1.807) is 13.3 Å². The number of fused-ring (bicyclic) bond motifs is 1. The summed E-state index contributed by atoms with van der Waals surface area (Å²) < 4.78 is 16.1. The fourth-order valence-corrected chi connectivity index (χ4v) is 2.73. The number of anilines is 3. The topological polar surface area (TPSA) is 90.4 Å². The third-order valence-corrected chi connectivity index (χ3v) is 4.06. The fourth-order valence-electron chi connectivity index (χ4n) is 2.73. The summed E-state index contributed by atoms with van der Waals surface area (Å²) in [5.41, 5.74) is 2.96. The van der Waals surface area contributed by atoms with Crippen molar-refractivity contribution in [3.8, 4) is 17.2 Å². The first kappa shape index (κ1) is 16.9. The van der Waals surface area contributed by atoms with Crippen LogP contribution < -0.4 is 24.8 Å². The van der Waals surface area contributed by atoms with Crippen molar-refractivity contribution in [2.45, 2.75) is 13.5 Å². The molecule has 0 unspecified atom stereocenters. The van der Waals surface area contributed by atoms with Gasteiger partial charge < -0.3 is 24.8 Å². The van der Waals surface area contributed by atoms with E-state index < -0.39 is 0 Å². The number of rotatable bonds is 6. The predicted octanol–water partition coefficient (Wildman–Crippen LogP) is 3.27. The average molecular weight is 365 g/mol. The summed E-state index contributed by atoms with van der Waals surface area (Å²) in [6.07, 6.45) is 1.56. The largest absolute Gasteiger partial charge is 0.495 e. The summed E-state index contributed by atoms with van der Waals surface area (Å²) in [6, 6.07) is 11.7. The van der Waals surface area contributed by atoms with Gasteiger partial charge in [-0.1, -0.05) is 12.1 Å². The molecular weight excluding hydrogens is 346 g/mol. The Morgan fingerprint density at radius 2 is 2.00 bits per heavy atom. The minimum atomic E-state index is 0.259. The Balaban J connectivity index is 1.46. The Kier molecular flexibility index (Phi) is 4.61. The van der Waals surface area contributed by atoms with E-state index >= 15 is 0 Å². The highest BCUT2D eigenvalue weighted by Gasteiger charge is 2.13. The molecule has 0 atom stereocenters. The molecule has 1 aliphatic rings. The van der Waals surface area contributed by atoms with Gasteiger partial charge in [0, 0.05) is 6.54 Å². The second-order valence-corrected chi connectivity index (χ2v) is 6.04. The lowest BCUT2D eigenvalue weighted by Crippen LogP contribution is -2.06. The normalized spacial score (nSPS) is 11.9. The minimum absolute atomic E-state index is 0.259. The fraction of sp³-hybridized carbons (Fsp3) is 0.211. The molecule has 8 nitrogen and oxygen atoms in total. The summed E-state index contributed by atoms with van der Waals surface area (Å²) in [4.78, 5) is 4.45. The number of ether oxygens (including phenoxy) is 3. The van der Waals surface area contributed by atoms with Crippen molar-refractivity contribution in [1.82, 2.24) is 15.2 Å². The Morgan fingerprint density at radius 1 is 1.11 bits per heavy atom. The molecular formula is C19H19N5O3. The highest BCUT2D eigenvalue weighted by atomic mass is 16.7. The third-order valence-electron chi connectivity index (χ3n) is 4.06. The Morgan fingerprint density at radius 3 is 2.89 bits per heavy atom. The number of aromatic nitrogens is 3. The number of nitrogens with zero attached hydrogens (tertiary/aromatic N) is 3. The van der Waals surface area contributed by atoms with Gasteiger partial charge in [-0.15, -0.1) is 5.10 Å². The van der Waals surface area contributed by atoms with Gasteiger partial charge >= 0.3 is 0 Å². The van der Waals surface area contributed by atoms with Crippen LogP contribution in [-0.2, 0) is 6.54 Å². The van der Waals surface area contributed by atoms with Crippen LogP contribution in [0.1, 0.15) is 11.1 Å². The monoisotopic (exact) mass is 365 g/mol. The maximum absolute atomic E-state index is 5.39. The van der Waals surface area contributed by atoms with E-state index in [-0.39, 0.29) is 6.79 Å². The zero-order valence-electron chi connectivity index (χ0n) is 15.0. The van der Waals surface area contributed by atoms with E-state index in [4.69, 9.17) is 14.2 Å². The number of hydrogen-bond acceptors (Lipinski definition) is 8. The van der Waals surface area contributed by atoms with Crippen molar-refractivity contribution >= 4 is 17.5 Å². The van der Waals surface area contributed by atoms with E-state index in [2.05, 4.69) is 25.8 Å². The first-order chi connectivity index (χ1) is 13.2. The zero-order valence-corrected chi connectivity index (χ0v) is 15.0. The standard InChI is InChI=1S/C19H19N5O3/c1-12-3-5-15(25-2)14(7-12)22-18-10-21-24-19(23-18)20-9-13-4-6-16-17(8-13)27-11-26-16/h3-8,10H,9,11H2,1-2H3,(H2,20,22,23,24). The molecule has 2 N–H and O–H groups in total. The minimum Gasteiger partial charge on any atom is -0.495 e. The third kappa shape index (κ3) is 3.84. The highest BCUT2D eigenvalue weighted by molar-refractivity contribution is 5.65. The molecule has 0 fully saturated rings. The Bertz CT molecular complexity index is 964. The number of hydrogen-bond donors (Lipinski definition) is 2. The molecule has 0 amide bonds. The van der Waals surface area contributed by atoms with Gasteiger partial charge in [0.2, 0.25) is 12.7 Å². The van der Waals surface area contributed by atoms with Crippen molar-refractivity contribution in [2.24, 2.45) is 0 Å². The van der Waals surface area contributed by atoms with Gasteiger partial charge in [0.25, 0.3) is 0 Å². The van der Waals surface area contributed by atoms with Crippen molar-refractivity contribution in [2.75, 3.05) is 24.5 Å². The molecule has 8 heteroatoms. The van der Waals surface area contributed by atoms with Gasteiger partial charge in [0.15, 0.2) is 17.3 Å². The van der Waals surface area contributed by atoms with Crippen molar-refractivity contribution < 1.29 is 14.2 Å². The number of nitrogens with one attached hydrogen (secondary N) is 2. The Labute approximate surface area is 156 Å².